The van der Waals surface area contributed by atoms with Crippen molar-refractivity contribution in [3.8, 4) is 17.2 Å². The van der Waals surface area contributed by atoms with Crippen LogP contribution in [0.1, 0.15) is 10.4 Å². The number of carbonyl (C=O) groups is 1. The van der Waals surface area contributed by atoms with Crippen molar-refractivity contribution in [1.29, 1.82) is 0 Å². The lowest BCUT2D eigenvalue weighted by Gasteiger charge is -2.09. The highest BCUT2D eigenvalue weighted by Crippen LogP contribution is 2.30. The van der Waals surface area contributed by atoms with Crippen LogP contribution in [0.2, 0.25) is 0 Å². The molecule has 0 unspecified atom stereocenters. The van der Waals surface area contributed by atoms with Crippen LogP contribution >= 0.6 is 0 Å². The van der Waals surface area contributed by atoms with Crippen molar-refractivity contribution in [2.75, 3.05) is 7.11 Å². The fourth-order valence-electron chi connectivity index (χ4n) is 1.66. The minimum atomic E-state index is -1.23. The van der Waals surface area contributed by atoms with Gasteiger partial charge in [-0.15, -0.1) is 0 Å². The molecule has 0 aliphatic carbocycles. The molecule has 0 aliphatic heterocycles. The van der Waals surface area contributed by atoms with Gasteiger partial charge in [-0.25, -0.2) is 4.79 Å². The molecule has 7 heteroatoms. The number of nitro benzene ring substituents is 1. The zero-order valence-corrected chi connectivity index (χ0v) is 11.0. The molecule has 2 rings (SSSR count). The highest BCUT2D eigenvalue weighted by atomic mass is 16.6. The first-order valence-electron chi connectivity index (χ1n) is 5.85. The predicted octanol–water partition coefficient (Wildman–Crippen LogP) is 3.09. The zero-order valence-electron chi connectivity index (χ0n) is 11.0. The largest absolute Gasteiger partial charge is 0.497 e. The van der Waals surface area contributed by atoms with E-state index in [1.165, 1.54) is 7.11 Å². The van der Waals surface area contributed by atoms with E-state index in [2.05, 4.69) is 0 Å². The fourth-order valence-corrected chi connectivity index (χ4v) is 1.66. The highest BCUT2D eigenvalue weighted by Gasteiger charge is 2.17. The van der Waals surface area contributed by atoms with E-state index >= 15 is 0 Å². The van der Waals surface area contributed by atoms with Gasteiger partial charge in [0.15, 0.2) is 0 Å². The van der Waals surface area contributed by atoms with Crippen LogP contribution in [0, 0.1) is 10.1 Å². The first-order chi connectivity index (χ1) is 10.0. The van der Waals surface area contributed by atoms with E-state index in [4.69, 9.17) is 14.6 Å². The van der Waals surface area contributed by atoms with Gasteiger partial charge in [-0.3, -0.25) is 10.1 Å². The van der Waals surface area contributed by atoms with Gasteiger partial charge in [0.05, 0.1) is 18.1 Å². The summed E-state index contributed by atoms with van der Waals surface area (Å²) in [7, 11) is 1.51. The van der Waals surface area contributed by atoms with E-state index < -0.39 is 10.9 Å². The monoisotopic (exact) mass is 289 g/mol. The van der Waals surface area contributed by atoms with Gasteiger partial charge in [0, 0.05) is 6.07 Å². The Kier molecular flexibility index (Phi) is 4.03. The predicted molar refractivity (Wildman–Crippen MR) is 73.1 cm³/mol. The van der Waals surface area contributed by atoms with Gasteiger partial charge < -0.3 is 14.6 Å². The molecule has 0 heterocycles. The van der Waals surface area contributed by atoms with Crippen molar-refractivity contribution in [2.45, 2.75) is 0 Å². The number of aromatic carboxylic acids is 1. The normalized spacial score (nSPS) is 9.95. The van der Waals surface area contributed by atoms with Crippen LogP contribution in [-0.2, 0) is 0 Å². The minimum Gasteiger partial charge on any atom is -0.497 e. The van der Waals surface area contributed by atoms with Crippen molar-refractivity contribution < 1.29 is 24.3 Å². The third-order valence-electron chi connectivity index (χ3n) is 2.69. The number of nitrogens with zero attached hydrogens (tertiary/aromatic N) is 1. The fraction of sp³-hybridized carbons (Fsp3) is 0.0714. The minimum absolute atomic E-state index is 0.0955. The number of nitro groups is 1. The molecular weight excluding hydrogens is 278 g/mol. The van der Waals surface area contributed by atoms with Crippen molar-refractivity contribution in [3.05, 3.63) is 58.1 Å². The molecular formula is C14H11NO6. The van der Waals surface area contributed by atoms with Crippen LogP contribution in [0.5, 0.6) is 17.2 Å². The number of non-ortho nitro benzene ring substituents is 1. The first kappa shape index (κ1) is 14.3. The maximum atomic E-state index is 11.1. The smallest absolute Gasteiger partial charge is 0.339 e. The first-order valence-corrected chi connectivity index (χ1v) is 5.85. The number of carboxylic acids is 1. The molecule has 21 heavy (non-hydrogen) atoms. The van der Waals surface area contributed by atoms with Crippen molar-refractivity contribution in [1.82, 2.24) is 0 Å². The summed E-state index contributed by atoms with van der Waals surface area (Å²) < 4.78 is 10.4. The van der Waals surface area contributed by atoms with E-state index in [0.717, 1.165) is 18.2 Å². The van der Waals surface area contributed by atoms with E-state index in [1.54, 1.807) is 24.3 Å². The Balaban J connectivity index is 2.37. The van der Waals surface area contributed by atoms with E-state index in [0.29, 0.717) is 11.5 Å². The highest BCUT2D eigenvalue weighted by molar-refractivity contribution is 5.91. The van der Waals surface area contributed by atoms with Crippen LogP contribution in [-0.4, -0.2) is 23.1 Å². The SMILES string of the molecule is COc1ccc(Oc2cc([N+](=O)[O-])ccc2C(=O)O)cc1. The van der Waals surface area contributed by atoms with Gasteiger partial charge in [-0.2, -0.15) is 0 Å². The summed E-state index contributed by atoms with van der Waals surface area (Å²) in [6.45, 7) is 0. The molecule has 0 radical (unpaired) electrons. The van der Waals surface area contributed by atoms with E-state index in [9.17, 15) is 14.9 Å². The molecule has 0 aliphatic rings. The van der Waals surface area contributed by atoms with Gasteiger partial charge in [0.1, 0.15) is 22.8 Å². The second kappa shape index (κ2) is 5.91. The number of rotatable bonds is 5. The van der Waals surface area contributed by atoms with E-state index in [1.807, 2.05) is 0 Å². The van der Waals surface area contributed by atoms with Crippen molar-refractivity contribution >= 4 is 11.7 Å². The standard InChI is InChI=1S/C14H11NO6/c1-20-10-3-5-11(6-4-10)21-13-8-9(15(18)19)2-7-12(13)14(16)17/h2-8H,1H3,(H,16,17). The van der Waals surface area contributed by atoms with Gasteiger partial charge in [0.2, 0.25) is 0 Å². The third-order valence-corrected chi connectivity index (χ3v) is 2.69. The Morgan fingerprint density at radius 3 is 2.29 bits per heavy atom. The lowest BCUT2D eigenvalue weighted by molar-refractivity contribution is -0.384. The molecule has 0 aromatic heterocycles. The van der Waals surface area contributed by atoms with Crippen LogP contribution in [0.25, 0.3) is 0 Å². The number of ether oxygens (including phenoxy) is 2. The lowest BCUT2D eigenvalue weighted by Crippen LogP contribution is -2.01. The van der Waals surface area contributed by atoms with Crippen LogP contribution < -0.4 is 9.47 Å². The summed E-state index contributed by atoms with van der Waals surface area (Å²) in [5, 5.41) is 19.8. The van der Waals surface area contributed by atoms with Crippen LogP contribution in [0.15, 0.2) is 42.5 Å². The average molecular weight is 289 g/mol. The molecule has 0 amide bonds. The summed E-state index contributed by atoms with van der Waals surface area (Å²) >= 11 is 0. The Hall–Kier alpha value is -3.09. The molecule has 0 fully saturated rings. The number of benzene rings is 2. The second-order valence-corrected chi connectivity index (χ2v) is 4.02. The number of methoxy groups -OCH3 is 1. The molecule has 0 bridgehead atoms. The quantitative estimate of drug-likeness (QED) is 0.670. The molecule has 0 saturated heterocycles. The molecule has 7 nitrogen and oxygen atoms in total. The van der Waals surface area contributed by atoms with Gasteiger partial charge in [0.25, 0.3) is 5.69 Å². The molecule has 2 aromatic rings. The summed E-state index contributed by atoms with van der Waals surface area (Å²) in [5.41, 5.74) is -0.403. The molecule has 0 spiro atoms. The lowest BCUT2D eigenvalue weighted by atomic mass is 10.2. The maximum absolute atomic E-state index is 11.1. The van der Waals surface area contributed by atoms with Crippen molar-refractivity contribution in [3.63, 3.8) is 0 Å². The molecule has 0 saturated carbocycles. The molecule has 0 atom stereocenters. The Morgan fingerprint density at radius 1 is 1.14 bits per heavy atom. The molecule has 108 valence electrons. The van der Waals surface area contributed by atoms with E-state index in [-0.39, 0.29) is 17.0 Å². The van der Waals surface area contributed by atoms with Gasteiger partial charge >= 0.3 is 5.97 Å². The topological polar surface area (TPSA) is 98.9 Å². The van der Waals surface area contributed by atoms with Gasteiger partial charge in [-0.05, 0) is 30.3 Å². The van der Waals surface area contributed by atoms with Crippen LogP contribution in [0.4, 0.5) is 5.69 Å². The summed E-state index contributed by atoms with van der Waals surface area (Å²) in [5.74, 6) is -0.367. The van der Waals surface area contributed by atoms with Gasteiger partial charge in [-0.1, -0.05) is 0 Å². The summed E-state index contributed by atoms with van der Waals surface area (Å²) in [6, 6.07) is 9.74. The second-order valence-electron chi connectivity index (χ2n) is 4.02. The number of hydrogen-bond donors (Lipinski definition) is 1. The zero-order chi connectivity index (χ0) is 15.4. The van der Waals surface area contributed by atoms with Crippen LogP contribution in [0.3, 0.4) is 0 Å². The van der Waals surface area contributed by atoms with Crippen molar-refractivity contribution in [2.24, 2.45) is 0 Å². The number of carboxylic acid groups (broad SMARTS) is 1. The average Bonchev–Trinajstić information content (AvgIpc) is 2.47. The Labute approximate surface area is 119 Å². The Morgan fingerprint density at radius 2 is 1.76 bits per heavy atom. The molecule has 1 N–H and O–H groups in total. The maximum Gasteiger partial charge on any atom is 0.339 e. The number of hydrogen-bond acceptors (Lipinski definition) is 5. The summed E-state index contributed by atoms with van der Waals surface area (Å²) in [4.78, 5) is 21.3. The molecule has 2 aromatic carbocycles. The Bertz CT molecular complexity index is 680. The third kappa shape index (κ3) is 3.27. The summed E-state index contributed by atoms with van der Waals surface area (Å²) in [6.07, 6.45) is 0.